The van der Waals surface area contributed by atoms with Gasteiger partial charge >= 0.3 is 0 Å². The molecular weight excluding hydrogens is 282 g/mol. The molecule has 0 radical (unpaired) electrons. The second kappa shape index (κ2) is 4.90. The standard InChI is InChI=1S/C12H18BrN3O/c1-3-17-12(6-4-5-7-12)11-15-8(2)9(13)10(14)16-11/h3-7H2,1-2H3,(H2,14,15,16). The van der Waals surface area contributed by atoms with Crippen LogP contribution in [0.4, 0.5) is 5.82 Å². The maximum Gasteiger partial charge on any atom is 0.162 e. The van der Waals surface area contributed by atoms with E-state index in [-0.39, 0.29) is 5.60 Å². The molecular formula is C12H18BrN3O. The highest BCUT2D eigenvalue weighted by Crippen LogP contribution is 2.41. The summed E-state index contributed by atoms with van der Waals surface area (Å²) in [7, 11) is 0. The Balaban J connectivity index is 2.43. The molecule has 0 saturated heterocycles. The van der Waals surface area contributed by atoms with Crippen molar-refractivity contribution < 1.29 is 4.74 Å². The number of halogens is 1. The van der Waals surface area contributed by atoms with Crippen LogP contribution < -0.4 is 5.73 Å². The van der Waals surface area contributed by atoms with Crippen molar-refractivity contribution in [2.24, 2.45) is 0 Å². The SMILES string of the molecule is CCOC1(c2nc(C)c(Br)c(N)n2)CCCC1. The summed E-state index contributed by atoms with van der Waals surface area (Å²) >= 11 is 3.39. The van der Waals surface area contributed by atoms with Gasteiger partial charge in [0, 0.05) is 6.61 Å². The van der Waals surface area contributed by atoms with Crippen LogP contribution in [-0.2, 0) is 10.3 Å². The number of nitrogen functional groups attached to an aromatic ring is 1. The molecule has 1 aliphatic rings. The Bertz CT molecular complexity index is 393. The molecule has 5 heteroatoms. The van der Waals surface area contributed by atoms with Crippen molar-refractivity contribution in [2.45, 2.75) is 45.1 Å². The number of hydrogen-bond donors (Lipinski definition) is 1. The molecule has 0 bridgehead atoms. The average Bonchev–Trinajstić information content (AvgIpc) is 2.75. The summed E-state index contributed by atoms with van der Waals surface area (Å²) < 4.78 is 6.71. The third-order valence-corrected chi connectivity index (χ3v) is 4.26. The number of anilines is 1. The molecule has 0 atom stereocenters. The second-order valence-electron chi connectivity index (χ2n) is 4.47. The van der Waals surface area contributed by atoms with Crippen LogP contribution in [0.2, 0.25) is 0 Å². The maximum absolute atomic E-state index is 5.93. The summed E-state index contributed by atoms with van der Waals surface area (Å²) in [5.41, 5.74) is 6.45. The fourth-order valence-corrected chi connectivity index (χ4v) is 2.62. The number of nitrogens with two attached hydrogens (primary N) is 1. The van der Waals surface area contributed by atoms with Gasteiger partial charge in [0.25, 0.3) is 0 Å². The van der Waals surface area contributed by atoms with E-state index in [4.69, 9.17) is 10.5 Å². The third kappa shape index (κ3) is 2.31. The molecule has 2 N–H and O–H groups in total. The number of nitrogens with zero attached hydrogens (tertiary/aromatic N) is 2. The molecule has 1 aliphatic carbocycles. The predicted molar refractivity (Wildman–Crippen MR) is 70.7 cm³/mol. The van der Waals surface area contributed by atoms with Crippen LogP contribution in [0.25, 0.3) is 0 Å². The van der Waals surface area contributed by atoms with Crippen molar-refractivity contribution in [3.05, 3.63) is 16.0 Å². The molecule has 2 rings (SSSR count). The molecule has 4 nitrogen and oxygen atoms in total. The summed E-state index contributed by atoms with van der Waals surface area (Å²) in [5, 5.41) is 0. The maximum atomic E-state index is 5.93. The van der Waals surface area contributed by atoms with Crippen LogP contribution in [0, 0.1) is 6.92 Å². The molecule has 0 unspecified atom stereocenters. The van der Waals surface area contributed by atoms with E-state index in [2.05, 4.69) is 25.9 Å². The van der Waals surface area contributed by atoms with Crippen molar-refractivity contribution in [1.82, 2.24) is 9.97 Å². The monoisotopic (exact) mass is 299 g/mol. The predicted octanol–water partition coefficient (Wildman–Crippen LogP) is 2.94. The number of rotatable bonds is 3. The minimum absolute atomic E-state index is 0.311. The van der Waals surface area contributed by atoms with Crippen LogP contribution in [0.5, 0.6) is 0 Å². The minimum atomic E-state index is -0.311. The molecule has 0 spiro atoms. The van der Waals surface area contributed by atoms with E-state index in [0.29, 0.717) is 12.4 Å². The zero-order valence-electron chi connectivity index (χ0n) is 10.3. The first kappa shape index (κ1) is 12.8. The second-order valence-corrected chi connectivity index (χ2v) is 5.26. The highest BCUT2D eigenvalue weighted by Gasteiger charge is 2.39. The fraction of sp³-hybridized carbons (Fsp3) is 0.667. The molecule has 1 fully saturated rings. The zero-order chi connectivity index (χ0) is 12.5. The summed E-state index contributed by atoms with van der Waals surface area (Å²) in [4.78, 5) is 8.94. The number of aromatic nitrogens is 2. The van der Waals surface area contributed by atoms with E-state index in [0.717, 1.165) is 28.8 Å². The van der Waals surface area contributed by atoms with Crippen LogP contribution in [0.1, 0.15) is 44.1 Å². The molecule has 94 valence electrons. The molecule has 0 amide bonds. The van der Waals surface area contributed by atoms with Crippen molar-refractivity contribution in [3.63, 3.8) is 0 Å². The summed E-state index contributed by atoms with van der Waals surface area (Å²) in [5.74, 6) is 1.24. The Morgan fingerprint density at radius 2 is 2.00 bits per heavy atom. The van der Waals surface area contributed by atoms with Crippen LogP contribution in [-0.4, -0.2) is 16.6 Å². The number of ether oxygens (including phenoxy) is 1. The van der Waals surface area contributed by atoms with E-state index in [1.54, 1.807) is 0 Å². The van der Waals surface area contributed by atoms with E-state index >= 15 is 0 Å². The van der Waals surface area contributed by atoms with Gasteiger partial charge < -0.3 is 10.5 Å². The normalized spacial score (nSPS) is 18.5. The van der Waals surface area contributed by atoms with Gasteiger partial charge in [-0.3, -0.25) is 0 Å². The van der Waals surface area contributed by atoms with Crippen LogP contribution >= 0.6 is 15.9 Å². The molecule has 1 aromatic rings. The van der Waals surface area contributed by atoms with Gasteiger partial charge in [0.2, 0.25) is 0 Å². The summed E-state index contributed by atoms with van der Waals surface area (Å²) in [6, 6.07) is 0. The van der Waals surface area contributed by atoms with E-state index in [9.17, 15) is 0 Å². The molecule has 0 aromatic carbocycles. The van der Waals surface area contributed by atoms with Crippen LogP contribution in [0.3, 0.4) is 0 Å². The minimum Gasteiger partial charge on any atom is -0.383 e. The molecule has 1 heterocycles. The Morgan fingerprint density at radius 3 is 2.53 bits per heavy atom. The van der Waals surface area contributed by atoms with Gasteiger partial charge in [0.1, 0.15) is 11.4 Å². The average molecular weight is 300 g/mol. The van der Waals surface area contributed by atoms with Gasteiger partial charge in [-0.05, 0) is 55.5 Å². The highest BCUT2D eigenvalue weighted by molar-refractivity contribution is 9.10. The van der Waals surface area contributed by atoms with Gasteiger partial charge in [0.05, 0.1) is 10.2 Å². The Kier molecular flexibility index (Phi) is 3.68. The summed E-state index contributed by atoms with van der Waals surface area (Å²) in [6.45, 7) is 4.62. The fourth-order valence-electron chi connectivity index (χ4n) is 2.44. The lowest BCUT2D eigenvalue weighted by Crippen LogP contribution is -2.29. The van der Waals surface area contributed by atoms with Crippen molar-refractivity contribution in [1.29, 1.82) is 0 Å². The number of hydrogen-bond acceptors (Lipinski definition) is 4. The largest absolute Gasteiger partial charge is 0.383 e. The first-order valence-electron chi connectivity index (χ1n) is 6.03. The lowest BCUT2D eigenvalue weighted by molar-refractivity contribution is -0.0457. The topological polar surface area (TPSA) is 61.0 Å². The van der Waals surface area contributed by atoms with Crippen molar-refractivity contribution >= 4 is 21.7 Å². The number of aryl methyl sites for hydroxylation is 1. The lowest BCUT2D eigenvalue weighted by Gasteiger charge is -2.27. The van der Waals surface area contributed by atoms with Gasteiger partial charge in [-0.25, -0.2) is 9.97 Å². The molecule has 1 saturated carbocycles. The highest BCUT2D eigenvalue weighted by atomic mass is 79.9. The first-order chi connectivity index (χ1) is 8.09. The van der Waals surface area contributed by atoms with Gasteiger partial charge in [-0.1, -0.05) is 0 Å². The Labute approximate surface area is 110 Å². The molecule has 0 aliphatic heterocycles. The van der Waals surface area contributed by atoms with E-state index in [1.807, 2.05) is 13.8 Å². The lowest BCUT2D eigenvalue weighted by atomic mass is 10.0. The van der Waals surface area contributed by atoms with Crippen molar-refractivity contribution in [2.75, 3.05) is 12.3 Å². The molecule has 17 heavy (non-hydrogen) atoms. The van der Waals surface area contributed by atoms with Gasteiger partial charge in [0.15, 0.2) is 5.82 Å². The van der Waals surface area contributed by atoms with Gasteiger partial charge in [-0.2, -0.15) is 0 Å². The van der Waals surface area contributed by atoms with Gasteiger partial charge in [-0.15, -0.1) is 0 Å². The van der Waals surface area contributed by atoms with E-state index in [1.165, 1.54) is 12.8 Å². The van der Waals surface area contributed by atoms with E-state index < -0.39 is 0 Å². The zero-order valence-corrected chi connectivity index (χ0v) is 11.9. The van der Waals surface area contributed by atoms with Crippen molar-refractivity contribution in [3.8, 4) is 0 Å². The Hall–Kier alpha value is -0.680. The first-order valence-corrected chi connectivity index (χ1v) is 6.82. The van der Waals surface area contributed by atoms with Crippen LogP contribution in [0.15, 0.2) is 4.47 Å². The molecule has 1 aromatic heterocycles. The quantitative estimate of drug-likeness (QED) is 0.932. The third-order valence-electron chi connectivity index (χ3n) is 3.28. The smallest absolute Gasteiger partial charge is 0.162 e. The Morgan fingerprint density at radius 1 is 1.35 bits per heavy atom. The summed E-state index contributed by atoms with van der Waals surface area (Å²) in [6.07, 6.45) is 4.31.